The van der Waals surface area contributed by atoms with E-state index in [-0.39, 0.29) is 12.3 Å². The lowest BCUT2D eigenvalue weighted by molar-refractivity contribution is -0.122. The summed E-state index contributed by atoms with van der Waals surface area (Å²) in [5.74, 6) is -1.25. The Labute approximate surface area is 188 Å². The van der Waals surface area contributed by atoms with Gasteiger partial charge in [-0.1, -0.05) is 65.9 Å². The molecular formula is C25H19N3O3S. The Kier molecular flexibility index (Phi) is 5.03. The van der Waals surface area contributed by atoms with Gasteiger partial charge in [0.05, 0.1) is 21.3 Å². The molecule has 2 heterocycles. The minimum absolute atomic E-state index is 0.223. The smallest absolute Gasteiger partial charge is 0.262 e. The summed E-state index contributed by atoms with van der Waals surface area (Å²) in [6.45, 7) is 0. The molecule has 1 aliphatic heterocycles. The van der Waals surface area contributed by atoms with Gasteiger partial charge < -0.3 is 0 Å². The average molecular weight is 442 g/mol. The minimum Gasteiger partial charge on any atom is -0.289 e. The lowest BCUT2D eigenvalue weighted by Crippen LogP contribution is -2.51. The Bertz CT molecular complexity index is 1280. The van der Waals surface area contributed by atoms with Crippen molar-refractivity contribution in [1.29, 1.82) is 0 Å². The van der Waals surface area contributed by atoms with Crippen LogP contribution in [0.25, 0.3) is 10.2 Å². The van der Waals surface area contributed by atoms with Crippen molar-refractivity contribution >= 4 is 44.4 Å². The summed E-state index contributed by atoms with van der Waals surface area (Å²) < 4.78 is 0.961. The van der Waals surface area contributed by atoms with Crippen molar-refractivity contribution in [3.63, 3.8) is 0 Å². The highest BCUT2D eigenvalue weighted by molar-refractivity contribution is 7.22. The van der Waals surface area contributed by atoms with Crippen molar-refractivity contribution in [2.24, 2.45) is 0 Å². The summed E-state index contributed by atoms with van der Waals surface area (Å²) in [5, 5.41) is 0.519. The van der Waals surface area contributed by atoms with E-state index in [1.54, 1.807) is 31.3 Å². The first-order chi connectivity index (χ1) is 15.5. The maximum atomic E-state index is 13.7. The number of hydrogen-bond donors (Lipinski definition) is 0. The molecule has 3 aromatic carbocycles. The van der Waals surface area contributed by atoms with Gasteiger partial charge in [0.2, 0.25) is 0 Å². The molecule has 3 amide bonds. The van der Waals surface area contributed by atoms with E-state index < -0.39 is 17.9 Å². The Morgan fingerprint density at radius 3 is 2.16 bits per heavy atom. The zero-order valence-electron chi connectivity index (χ0n) is 17.3. The number of thiazole rings is 1. The van der Waals surface area contributed by atoms with E-state index in [0.717, 1.165) is 20.7 Å². The van der Waals surface area contributed by atoms with E-state index >= 15 is 0 Å². The second-order valence-corrected chi connectivity index (χ2v) is 8.60. The van der Waals surface area contributed by atoms with Gasteiger partial charge >= 0.3 is 0 Å². The molecule has 1 unspecified atom stereocenters. The number of aromatic nitrogens is 1. The molecule has 1 aromatic heterocycles. The second-order valence-electron chi connectivity index (χ2n) is 7.59. The molecule has 0 spiro atoms. The molecule has 6 nitrogen and oxygen atoms in total. The molecule has 0 saturated heterocycles. The van der Waals surface area contributed by atoms with E-state index in [0.29, 0.717) is 16.3 Å². The van der Waals surface area contributed by atoms with Crippen LogP contribution in [0.4, 0.5) is 5.13 Å². The number of anilines is 1. The number of fused-ring (bicyclic) bond motifs is 2. The first-order valence-electron chi connectivity index (χ1n) is 10.2. The number of rotatable bonds is 5. The quantitative estimate of drug-likeness (QED) is 0.436. The molecule has 1 aliphatic rings. The molecule has 158 valence electrons. The fourth-order valence-corrected chi connectivity index (χ4v) is 4.87. The van der Waals surface area contributed by atoms with Crippen LogP contribution >= 0.6 is 11.3 Å². The lowest BCUT2D eigenvalue weighted by atomic mass is 10.0. The van der Waals surface area contributed by atoms with Crippen LogP contribution in [-0.2, 0) is 11.2 Å². The topological polar surface area (TPSA) is 70.6 Å². The van der Waals surface area contributed by atoms with Gasteiger partial charge in [-0.2, -0.15) is 0 Å². The SMILES string of the molecule is CN(C(=O)C(Cc1ccccc1)N1C(=O)c2ccccc2C1=O)c1nc2ccccc2s1. The molecular weight excluding hydrogens is 422 g/mol. The Morgan fingerprint density at radius 2 is 1.50 bits per heavy atom. The third-order valence-corrected chi connectivity index (χ3v) is 6.71. The lowest BCUT2D eigenvalue weighted by Gasteiger charge is -2.28. The summed E-state index contributed by atoms with van der Waals surface area (Å²) in [6, 6.07) is 22.7. The number of imide groups is 1. The van der Waals surface area contributed by atoms with Gasteiger partial charge in [0.25, 0.3) is 17.7 Å². The van der Waals surface area contributed by atoms with E-state index in [2.05, 4.69) is 4.98 Å². The fraction of sp³-hybridized carbons (Fsp3) is 0.120. The van der Waals surface area contributed by atoms with E-state index in [1.807, 2.05) is 54.6 Å². The van der Waals surface area contributed by atoms with E-state index in [1.165, 1.54) is 16.2 Å². The van der Waals surface area contributed by atoms with Gasteiger partial charge in [-0.25, -0.2) is 4.98 Å². The zero-order valence-corrected chi connectivity index (χ0v) is 18.1. The normalized spacial score (nSPS) is 14.0. The number of likely N-dealkylation sites (N-methyl/N-ethyl adjacent to an activating group) is 1. The van der Waals surface area contributed by atoms with Crippen LogP contribution in [0, 0.1) is 0 Å². The van der Waals surface area contributed by atoms with Crippen molar-refractivity contribution in [2.75, 3.05) is 11.9 Å². The number of hydrogen-bond acceptors (Lipinski definition) is 5. The zero-order chi connectivity index (χ0) is 22.2. The molecule has 5 rings (SSSR count). The number of carbonyl (C=O) groups excluding carboxylic acids is 3. The third-order valence-electron chi connectivity index (χ3n) is 5.59. The number of carbonyl (C=O) groups is 3. The third kappa shape index (κ3) is 3.36. The van der Waals surface area contributed by atoms with Gasteiger partial charge in [-0.05, 0) is 29.8 Å². The standard InChI is InChI=1S/C25H19N3O3S/c1-27(25-26-19-13-7-8-14-21(19)32-25)24(31)20(15-16-9-3-2-4-10-16)28-22(29)17-11-5-6-12-18(17)23(28)30/h2-14,20H,15H2,1H3. The van der Waals surface area contributed by atoms with Crippen molar-refractivity contribution in [2.45, 2.75) is 12.5 Å². The highest BCUT2D eigenvalue weighted by Crippen LogP contribution is 2.31. The molecule has 32 heavy (non-hydrogen) atoms. The summed E-state index contributed by atoms with van der Waals surface area (Å²) in [6.07, 6.45) is 0.223. The van der Waals surface area contributed by atoms with Gasteiger partial charge in [0.1, 0.15) is 6.04 Å². The molecule has 0 fully saturated rings. The molecule has 0 bridgehead atoms. The van der Waals surface area contributed by atoms with Crippen LogP contribution in [0.5, 0.6) is 0 Å². The fourth-order valence-electron chi connectivity index (χ4n) is 3.94. The highest BCUT2D eigenvalue weighted by Gasteiger charge is 2.43. The van der Waals surface area contributed by atoms with Crippen molar-refractivity contribution in [1.82, 2.24) is 9.88 Å². The van der Waals surface area contributed by atoms with Crippen LogP contribution < -0.4 is 4.90 Å². The van der Waals surface area contributed by atoms with Gasteiger partial charge in [0.15, 0.2) is 5.13 Å². The van der Waals surface area contributed by atoms with Crippen LogP contribution in [0.1, 0.15) is 26.3 Å². The number of para-hydroxylation sites is 1. The van der Waals surface area contributed by atoms with Gasteiger partial charge in [-0.15, -0.1) is 0 Å². The molecule has 0 N–H and O–H groups in total. The molecule has 0 saturated carbocycles. The van der Waals surface area contributed by atoms with E-state index in [4.69, 9.17) is 0 Å². The molecule has 4 aromatic rings. The van der Waals surface area contributed by atoms with Gasteiger partial charge in [-0.3, -0.25) is 24.2 Å². The first kappa shape index (κ1) is 20.1. The van der Waals surface area contributed by atoms with Gasteiger partial charge in [0, 0.05) is 13.5 Å². The number of benzene rings is 3. The maximum Gasteiger partial charge on any atom is 0.262 e. The first-order valence-corrected chi connectivity index (χ1v) is 11.0. The number of amides is 3. The monoisotopic (exact) mass is 441 g/mol. The van der Waals surface area contributed by atoms with Crippen LogP contribution in [0.3, 0.4) is 0 Å². The van der Waals surface area contributed by atoms with Crippen LogP contribution in [-0.4, -0.2) is 40.7 Å². The predicted octanol–water partition coefficient (Wildman–Crippen LogP) is 4.17. The highest BCUT2D eigenvalue weighted by atomic mass is 32.1. The maximum absolute atomic E-state index is 13.7. The predicted molar refractivity (Wildman–Crippen MR) is 124 cm³/mol. The van der Waals surface area contributed by atoms with Crippen molar-refractivity contribution in [3.8, 4) is 0 Å². The van der Waals surface area contributed by atoms with E-state index in [9.17, 15) is 14.4 Å². The Hall–Kier alpha value is -3.84. The molecule has 1 atom stereocenters. The summed E-state index contributed by atoms with van der Waals surface area (Å²) >= 11 is 1.39. The summed E-state index contributed by atoms with van der Waals surface area (Å²) in [4.78, 5) is 47.1. The average Bonchev–Trinajstić information content (AvgIpc) is 3.37. The molecule has 0 aliphatic carbocycles. The van der Waals surface area contributed by atoms with Crippen molar-refractivity contribution < 1.29 is 14.4 Å². The Balaban J connectivity index is 1.53. The molecule has 7 heteroatoms. The van der Waals surface area contributed by atoms with Crippen molar-refractivity contribution in [3.05, 3.63) is 95.6 Å². The number of nitrogens with zero attached hydrogens (tertiary/aromatic N) is 3. The Morgan fingerprint density at radius 1 is 0.906 bits per heavy atom. The largest absolute Gasteiger partial charge is 0.289 e. The summed E-state index contributed by atoms with van der Waals surface area (Å²) in [7, 11) is 1.64. The second kappa shape index (κ2) is 8.01. The summed E-state index contributed by atoms with van der Waals surface area (Å²) in [5.41, 5.74) is 2.31. The minimum atomic E-state index is -0.984. The van der Waals surface area contributed by atoms with Crippen LogP contribution in [0.15, 0.2) is 78.9 Å². The molecule has 0 radical (unpaired) electrons. The van der Waals surface area contributed by atoms with Crippen LogP contribution in [0.2, 0.25) is 0 Å².